The van der Waals surface area contributed by atoms with E-state index in [9.17, 15) is 0 Å². The van der Waals surface area contributed by atoms with Crippen molar-refractivity contribution in [2.75, 3.05) is 24.6 Å². The summed E-state index contributed by atoms with van der Waals surface area (Å²) in [6, 6.07) is 3.93. The van der Waals surface area contributed by atoms with Gasteiger partial charge in [-0.2, -0.15) is 0 Å². The number of hydrogen-bond donors (Lipinski definition) is 2. The quantitative estimate of drug-likeness (QED) is 0.802. The molecule has 2 N–H and O–H groups in total. The number of rotatable bonds is 3. The van der Waals surface area contributed by atoms with Crippen LogP contribution in [-0.2, 0) is 6.61 Å². The highest BCUT2D eigenvalue weighted by atomic mass is 16.3. The number of pyridine rings is 1. The Labute approximate surface area is 101 Å². The second kappa shape index (κ2) is 3.96. The number of aliphatic hydroxyl groups is 2. The molecule has 17 heavy (non-hydrogen) atoms. The van der Waals surface area contributed by atoms with Gasteiger partial charge in [-0.25, -0.2) is 4.98 Å². The van der Waals surface area contributed by atoms with Crippen molar-refractivity contribution in [3.8, 4) is 0 Å². The van der Waals surface area contributed by atoms with E-state index in [0.29, 0.717) is 24.4 Å². The first-order valence-electron chi connectivity index (χ1n) is 6.17. The summed E-state index contributed by atoms with van der Waals surface area (Å²) in [5.41, 5.74) is 1.80. The summed E-state index contributed by atoms with van der Waals surface area (Å²) >= 11 is 0. The van der Waals surface area contributed by atoms with Gasteiger partial charge in [-0.15, -0.1) is 0 Å². The Morgan fingerprint density at radius 1 is 1.29 bits per heavy atom. The number of nitrogens with zero attached hydrogens (tertiary/aromatic N) is 2. The van der Waals surface area contributed by atoms with E-state index in [4.69, 9.17) is 10.2 Å². The first kappa shape index (κ1) is 11.0. The number of anilines is 1. The molecule has 1 aromatic heterocycles. The third kappa shape index (κ3) is 1.72. The maximum Gasteiger partial charge on any atom is 0.128 e. The second-order valence-corrected chi connectivity index (χ2v) is 5.15. The van der Waals surface area contributed by atoms with Crippen molar-refractivity contribution in [3.63, 3.8) is 0 Å². The van der Waals surface area contributed by atoms with E-state index in [1.165, 1.54) is 0 Å². The summed E-state index contributed by atoms with van der Waals surface area (Å²) in [5, 5.41) is 18.2. The molecule has 0 aromatic carbocycles. The van der Waals surface area contributed by atoms with Gasteiger partial charge in [0.15, 0.2) is 0 Å². The smallest absolute Gasteiger partial charge is 0.128 e. The Morgan fingerprint density at radius 3 is 2.53 bits per heavy atom. The number of aromatic nitrogens is 1. The molecule has 0 amide bonds. The van der Waals surface area contributed by atoms with E-state index >= 15 is 0 Å². The summed E-state index contributed by atoms with van der Waals surface area (Å²) in [7, 11) is 0. The van der Waals surface area contributed by atoms with Crippen molar-refractivity contribution >= 4 is 5.82 Å². The predicted octanol–water partition coefficient (Wildman–Crippen LogP) is 0.557. The molecule has 2 heterocycles. The molecule has 2 fully saturated rings. The minimum atomic E-state index is 0.0525. The lowest BCUT2D eigenvalue weighted by Crippen LogP contribution is -2.25. The van der Waals surface area contributed by atoms with Crippen LogP contribution in [0, 0.1) is 24.7 Å². The molecule has 3 atom stereocenters. The third-order valence-electron chi connectivity index (χ3n) is 4.26. The summed E-state index contributed by atoms with van der Waals surface area (Å²) in [4.78, 5) is 6.82. The number of piperidine rings is 1. The van der Waals surface area contributed by atoms with Gasteiger partial charge in [-0.3, -0.25) is 0 Å². The average molecular weight is 234 g/mol. The number of hydrogen-bond acceptors (Lipinski definition) is 4. The van der Waals surface area contributed by atoms with E-state index in [-0.39, 0.29) is 6.61 Å². The molecular weight excluding hydrogens is 216 g/mol. The van der Waals surface area contributed by atoms with Crippen LogP contribution in [0.1, 0.15) is 11.3 Å². The predicted molar refractivity (Wildman–Crippen MR) is 64.7 cm³/mol. The van der Waals surface area contributed by atoms with Crippen LogP contribution < -0.4 is 4.90 Å². The van der Waals surface area contributed by atoms with Crippen LogP contribution in [0.5, 0.6) is 0 Å². The molecule has 2 aliphatic rings. The standard InChI is InChI=1S/C13H18N2O2/c1-8-9(6-16)2-3-13(14-8)15-4-10-11(5-15)12(10)7-17/h2-3,10-12,16-17H,4-7H2,1H3/t10-,11+,12?. The molecule has 0 spiro atoms. The van der Waals surface area contributed by atoms with Gasteiger partial charge in [0.05, 0.1) is 6.61 Å². The summed E-state index contributed by atoms with van der Waals surface area (Å²) in [6.45, 7) is 4.35. The van der Waals surface area contributed by atoms with E-state index in [1.54, 1.807) is 0 Å². The van der Waals surface area contributed by atoms with Crippen molar-refractivity contribution in [1.29, 1.82) is 0 Å². The lowest BCUT2D eigenvalue weighted by atomic mass is 10.2. The van der Waals surface area contributed by atoms with Crippen LogP contribution in [0.2, 0.25) is 0 Å². The van der Waals surface area contributed by atoms with Crippen LogP contribution in [-0.4, -0.2) is 34.9 Å². The Hall–Kier alpha value is -1.13. The Bertz CT molecular complexity index is 423. The van der Waals surface area contributed by atoms with Gasteiger partial charge < -0.3 is 15.1 Å². The Balaban J connectivity index is 1.73. The van der Waals surface area contributed by atoms with Crippen LogP contribution in [0.15, 0.2) is 12.1 Å². The topological polar surface area (TPSA) is 56.6 Å². The lowest BCUT2D eigenvalue weighted by molar-refractivity contribution is 0.260. The maximum atomic E-state index is 9.12. The minimum Gasteiger partial charge on any atom is -0.396 e. The molecule has 0 radical (unpaired) electrons. The van der Waals surface area contributed by atoms with Gasteiger partial charge in [0.25, 0.3) is 0 Å². The fraction of sp³-hybridized carbons (Fsp3) is 0.615. The second-order valence-electron chi connectivity index (χ2n) is 5.15. The van der Waals surface area contributed by atoms with Gasteiger partial charge in [-0.1, -0.05) is 6.07 Å². The third-order valence-corrected chi connectivity index (χ3v) is 4.26. The fourth-order valence-corrected chi connectivity index (χ4v) is 3.03. The summed E-state index contributed by atoms with van der Waals surface area (Å²) in [5.74, 6) is 2.87. The van der Waals surface area contributed by atoms with Crippen LogP contribution in [0.3, 0.4) is 0 Å². The molecule has 1 saturated heterocycles. The first-order valence-corrected chi connectivity index (χ1v) is 6.17. The van der Waals surface area contributed by atoms with Gasteiger partial charge in [0.2, 0.25) is 0 Å². The van der Waals surface area contributed by atoms with Crippen molar-refractivity contribution in [3.05, 3.63) is 23.4 Å². The molecule has 1 aliphatic heterocycles. The molecule has 92 valence electrons. The van der Waals surface area contributed by atoms with E-state index < -0.39 is 0 Å². The molecule has 1 unspecified atom stereocenters. The lowest BCUT2D eigenvalue weighted by Gasteiger charge is -2.21. The zero-order valence-electron chi connectivity index (χ0n) is 10.0. The van der Waals surface area contributed by atoms with Gasteiger partial charge in [0, 0.05) is 25.4 Å². The highest BCUT2D eigenvalue weighted by Crippen LogP contribution is 2.51. The highest BCUT2D eigenvalue weighted by molar-refractivity contribution is 5.44. The maximum absolute atomic E-state index is 9.12. The van der Waals surface area contributed by atoms with E-state index in [2.05, 4.69) is 9.88 Å². The SMILES string of the molecule is Cc1nc(N2C[C@@H]3C(CO)[C@@H]3C2)ccc1CO. The molecule has 1 aromatic rings. The summed E-state index contributed by atoms with van der Waals surface area (Å²) < 4.78 is 0. The van der Waals surface area contributed by atoms with Gasteiger partial charge in [0.1, 0.15) is 5.82 Å². The van der Waals surface area contributed by atoms with Crippen molar-refractivity contribution in [2.45, 2.75) is 13.5 Å². The molecule has 4 heteroatoms. The van der Waals surface area contributed by atoms with Gasteiger partial charge >= 0.3 is 0 Å². The Kier molecular flexibility index (Phi) is 2.56. The van der Waals surface area contributed by atoms with Crippen molar-refractivity contribution < 1.29 is 10.2 Å². The average Bonchev–Trinajstić information content (AvgIpc) is 2.81. The largest absolute Gasteiger partial charge is 0.396 e. The Morgan fingerprint density at radius 2 is 2.00 bits per heavy atom. The highest BCUT2D eigenvalue weighted by Gasteiger charge is 2.55. The zero-order valence-corrected chi connectivity index (χ0v) is 10.0. The fourth-order valence-electron chi connectivity index (χ4n) is 3.03. The van der Waals surface area contributed by atoms with Gasteiger partial charge in [-0.05, 0) is 36.3 Å². The molecule has 4 nitrogen and oxygen atoms in total. The minimum absolute atomic E-state index is 0.0525. The molecule has 3 rings (SSSR count). The van der Waals surface area contributed by atoms with Crippen LogP contribution >= 0.6 is 0 Å². The van der Waals surface area contributed by atoms with Crippen molar-refractivity contribution in [2.24, 2.45) is 17.8 Å². The van der Waals surface area contributed by atoms with Crippen LogP contribution in [0.4, 0.5) is 5.82 Å². The van der Waals surface area contributed by atoms with Crippen molar-refractivity contribution in [1.82, 2.24) is 4.98 Å². The monoisotopic (exact) mass is 234 g/mol. The molecular formula is C13H18N2O2. The first-order chi connectivity index (χ1) is 8.24. The molecule has 0 bridgehead atoms. The zero-order chi connectivity index (χ0) is 12.0. The van der Waals surface area contributed by atoms with E-state index in [0.717, 1.165) is 30.2 Å². The van der Waals surface area contributed by atoms with E-state index in [1.807, 2.05) is 19.1 Å². The normalized spacial score (nSPS) is 30.5. The number of fused-ring (bicyclic) bond motifs is 1. The number of aliphatic hydroxyl groups excluding tert-OH is 2. The number of aryl methyl sites for hydroxylation is 1. The van der Waals surface area contributed by atoms with Crippen LogP contribution in [0.25, 0.3) is 0 Å². The molecule has 1 saturated carbocycles. The summed E-state index contributed by atoms with van der Waals surface area (Å²) in [6.07, 6.45) is 0. The molecule has 1 aliphatic carbocycles.